The molecule has 1 heterocycles. The van der Waals surface area contributed by atoms with E-state index in [-0.39, 0.29) is 6.04 Å². The number of nitrogens with zero attached hydrogens (tertiary/aromatic N) is 1. The van der Waals surface area contributed by atoms with E-state index in [0.29, 0.717) is 0 Å². The summed E-state index contributed by atoms with van der Waals surface area (Å²) in [6.07, 6.45) is 1.90. The minimum atomic E-state index is -0.731. The highest BCUT2D eigenvalue weighted by Crippen LogP contribution is 2.16. The summed E-state index contributed by atoms with van der Waals surface area (Å²) in [7, 11) is 0. The van der Waals surface area contributed by atoms with Crippen molar-refractivity contribution < 1.29 is 9.90 Å². The highest BCUT2D eigenvalue weighted by atomic mass is 16.4. The minimum absolute atomic E-state index is 0.380. The predicted molar refractivity (Wildman–Crippen MR) is 62.5 cm³/mol. The Kier molecular flexibility index (Phi) is 3.25. The summed E-state index contributed by atoms with van der Waals surface area (Å²) in [6, 6.07) is 8.01. The van der Waals surface area contributed by atoms with Crippen LogP contribution in [0, 0.1) is 0 Å². The highest BCUT2D eigenvalue weighted by Gasteiger charge is 2.22. The van der Waals surface area contributed by atoms with Crippen LogP contribution in [0.15, 0.2) is 24.3 Å². The Balaban J connectivity index is 2.10. The van der Waals surface area contributed by atoms with E-state index in [1.807, 2.05) is 4.90 Å². The fourth-order valence-corrected chi connectivity index (χ4v) is 2.23. The fourth-order valence-electron chi connectivity index (χ4n) is 2.23. The van der Waals surface area contributed by atoms with Gasteiger partial charge >= 0.3 is 5.97 Å². The number of benzene rings is 1. The van der Waals surface area contributed by atoms with Gasteiger partial charge in [-0.25, -0.2) is 0 Å². The smallest absolute Gasteiger partial charge is 0.320 e. The van der Waals surface area contributed by atoms with Gasteiger partial charge < -0.3 is 5.11 Å². The molecule has 1 aromatic carbocycles. The second-order valence-corrected chi connectivity index (χ2v) is 4.32. The molecule has 0 aliphatic carbocycles. The largest absolute Gasteiger partial charge is 0.480 e. The van der Waals surface area contributed by atoms with Crippen LogP contribution in [-0.4, -0.2) is 35.1 Å². The molecule has 1 atom stereocenters. The van der Waals surface area contributed by atoms with Gasteiger partial charge in [-0.1, -0.05) is 24.3 Å². The molecule has 1 aliphatic rings. The van der Waals surface area contributed by atoms with Crippen LogP contribution in [0.2, 0.25) is 0 Å². The van der Waals surface area contributed by atoms with Gasteiger partial charge in [-0.2, -0.15) is 0 Å². The number of fused-ring (bicyclic) bond motifs is 1. The molecule has 0 aromatic heterocycles. The molecular formula is C13H17NO2. The summed E-state index contributed by atoms with van der Waals surface area (Å²) in [5.74, 6) is -0.731. The van der Waals surface area contributed by atoms with E-state index < -0.39 is 5.97 Å². The van der Waals surface area contributed by atoms with E-state index >= 15 is 0 Å². The lowest BCUT2D eigenvalue weighted by Crippen LogP contribution is -2.40. The van der Waals surface area contributed by atoms with Gasteiger partial charge in [0.05, 0.1) is 0 Å². The van der Waals surface area contributed by atoms with E-state index in [1.54, 1.807) is 6.92 Å². The molecule has 1 unspecified atom stereocenters. The third-order valence-electron chi connectivity index (χ3n) is 3.36. The van der Waals surface area contributed by atoms with Crippen LogP contribution in [0.25, 0.3) is 0 Å². The second kappa shape index (κ2) is 4.66. The first-order chi connectivity index (χ1) is 7.68. The van der Waals surface area contributed by atoms with E-state index in [4.69, 9.17) is 5.11 Å². The Morgan fingerprint density at radius 1 is 1.25 bits per heavy atom. The van der Waals surface area contributed by atoms with Crippen LogP contribution in [0.3, 0.4) is 0 Å². The summed E-state index contributed by atoms with van der Waals surface area (Å²) in [4.78, 5) is 13.0. The Morgan fingerprint density at radius 3 is 2.19 bits per heavy atom. The van der Waals surface area contributed by atoms with E-state index in [0.717, 1.165) is 25.9 Å². The zero-order chi connectivity index (χ0) is 11.5. The first-order valence-corrected chi connectivity index (χ1v) is 5.72. The fraction of sp³-hybridized carbons (Fsp3) is 0.462. The Morgan fingerprint density at radius 2 is 1.75 bits per heavy atom. The quantitative estimate of drug-likeness (QED) is 0.820. The Labute approximate surface area is 95.7 Å². The zero-order valence-electron chi connectivity index (χ0n) is 9.52. The van der Waals surface area contributed by atoms with Crippen LogP contribution in [-0.2, 0) is 17.6 Å². The first-order valence-electron chi connectivity index (χ1n) is 5.72. The standard InChI is InChI=1S/C13H17NO2/c1-10(13(15)16)14-8-6-11-4-2-3-5-12(11)7-9-14/h2-5,10H,6-9H2,1H3,(H,15,16). The van der Waals surface area contributed by atoms with Crippen molar-refractivity contribution in [1.82, 2.24) is 4.90 Å². The molecule has 0 amide bonds. The van der Waals surface area contributed by atoms with Crippen LogP contribution in [0.1, 0.15) is 18.1 Å². The van der Waals surface area contributed by atoms with Crippen molar-refractivity contribution in [1.29, 1.82) is 0 Å². The molecule has 3 nitrogen and oxygen atoms in total. The monoisotopic (exact) mass is 219 g/mol. The molecule has 16 heavy (non-hydrogen) atoms. The van der Waals surface area contributed by atoms with Gasteiger partial charge in [-0.15, -0.1) is 0 Å². The molecule has 0 saturated heterocycles. The number of carboxylic acids is 1. The molecule has 3 heteroatoms. The maximum atomic E-state index is 10.9. The lowest BCUT2D eigenvalue weighted by atomic mass is 10.0. The molecule has 0 bridgehead atoms. The lowest BCUT2D eigenvalue weighted by Gasteiger charge is -2.23. The average molecular weight is 219 g/mol. The molecule has 1 aromatic rings. The van der Waals surface area contributed by atoms with Gasteiger partial charge in [0.15, 0.2) is 0 Å². The summed E-state index contributed by atoms with van der Waals surface area (Å²) >= 11 is 0. The maximum Gasteiger partial charge on any atom is 0.320 e. The van der Waals surface area contributed by atoms with Gasteiger partial charge in [-0.3, -0.25) is 9.69 Å². The first kappa shape index (κ1) is 11.1. The molecule has 86 valence electrons. The number of rotatable bonds is 2. The van der Waals surface area contributed by atoms with Crippen molar-refractivity contribution in [2.75, 3.05) is 13.1 Å². The topological polar surface area (TPSA) is 40.5 Å². The van der Waals surface area contributed by atoms with Crippen LogP contribution >= 0.6 is 0 Å². The van der Waals surface area contributed by atoms with Gasteiger partial charge in [0.25, 0.3) is 0 Å². The molecular weight excluding hydrogens is 202 g/mol. The lowest BCUT2D eigenvalue weighted by molar-refractivity contribution is -0.142. The number of aliphatic carboxylic acids is 1. The molecule has 2 rings (SSSR count). The van der Waals surface area contributed by atoms with Crippen molar-refractivity contribution >= 4 is 5.97 Å². The molecule has 1 aliphatic heterocycles. The summed E-state index contributed by atoms with van der Waals surface area (Å²) in [5, 5.41) is 9.00. The summed E-state index contributed by atoms with van der Waals surface area (Å²) in [5.41, 5.74) is 2.73. The highest BCUT2D eigenvalue weighted by molar-refractivity contribution is 5.72. The number of carbonyl (C=O) groups is 1. The molecule has 0 spiro atoms. The van der Waals surface area contributed by atoms with Crippen molar-refractivity contribution in [3.05, 3.63) is 35.4 Å². The van der Waals surface area contributed by atoms with E-state index in [9.17, 15) is 4.79 Å². The van der Waals surface area contributed by atoms with E-state index in [2.05, 4.69) is 24.3 Å². The summed E-state index contributed by atoms with van der Waals surface area (Å²) in [6.45, 7) is 3.44. The van der Waals surface area contributed by atoms with Crippen LogP contribution in [0.4, 0.5) is 0 Å². The van der Waals surface area contributed by atoms with Gasteiger partial charge in [-0.05, 0) is 30.9 Å². The molecule has 0 radical (unpaired) electrons. The third kappa shape index (κ3) is 2.25. The third-order valence-corrected chi connectivity index (χ3v) is 3.36. The SMILES string of the molecule is CC(C(=O)O)N1CCc2ccccc2CC1. The van der Waals surface area contributed by atoms with Crippen molar-refractivity contribution in [2.24, 2.45) is 0 Å². The predicted octanol–water partition coefficient (Wildman–Crippen LogP) is 1.56. The van der Waals surface area contributed by atoms with Crippen molar-refractivity contribution in [2.45, 2.75) is 25.8 Å². The number of hydrogen-bond acceptors (Lipinski definition) is 2. The Hall–Kier alpha value is -1.35. The number of hydrogen-bond donors (Lipinski definition) is 1. The molecule has 1 N–H and O–H groups in total. The average Bonchev–Trinajstić information content (AvgIpc) is 2.50. The van der Waals surface area contributed by atoms with E-state index in [1.165, 1.54) is 11.1 Å². The van der Waals surface area contributed by atoms with Crippen LogP contribution < -0.4 is 0 Å². The Bertz CT molecular complexity index is 362. The minimum Gasteiger partial charge on any atom is -0.480 e. The summed E-state index contributed by atoms with van der Waals surface area (Å²) < 4.78 is 0. The molecule has 0 saturated carbocycles. The normalized spacial score (nSPS) is 18.6. The maximum absolute atomic E-state index is 10.9. The zero-order valence-corrected chi connectivity index (χ0v) is 9.52. The van der Waals surface area contributed by atoms with Gasteiger partial charge in [0, 0.05) is 13.1 Å². The van der Waals surface area contributed by atoms with Gasteiger partial charge in [0.1, 0.15) is 6.04 Å². The van der Waals surface area contributed by atoms with Crippen molar-refractivity contribution in [3.8, 4) is 0 Å². The second-order valence-electron chi connectivity index (χ2n) is 4.32. The molecule has 0 fully saturated rings. The van der Waals surface area contributed by atoms with Crippen LogP contribution in [0.5, 0.6) is 0 Å². The number of carboxylic acid groups (broad SMARTS) is 1. The van der Waals surface area contributed by atoms with Gasteiger partial charge in [0.2, 0.25) is 0 Å². The van der Waals surface area contributed by atoms with Crippen molar-refractivity contribution in [3.63, 3.8) is 0 Å².